The number of piperazine rings is 1. The first-order valence-corrected chi connectivity index (χ1v) is 14.6. The highest BCUT2D eigenvalue weighted by atomic mass is 19.4. The van der Waals surface area contributed by atoms with Crippen LogP contribution in [-0.4, -0.2) is 66.5 Å². The van der Waals surface area contributed by atoms with Crippen molar-refractivity contribution in [2.24, 2.45) is 0 Å². The molecular formula is C33H32F3N7O2. The molecule has 3 aromatic carbocycles. The molecule has 1 fully saturated rings. The van der Waals surface area contributed by atoms with Gasteiger partial charge in [-0.1, -0.05) is 6.07 Å². The molecule has 0 saturated carbocycles. The van der Waals surface area contributed by atoms with E-state index in [-0.39, 0.29) is 11.5 Å². The average molecular weight is 616 g/mol. The second-order valence-corrected chi connectivity index (χ2v) is 11.3. The Morgan fingerprint density at radius 2 is 1.58 bits per heavy atom. The lowest BCUT2D eigenvalue weighted by Crippen LogP contribution is -2.44. The molecule has 0 atom stereocenters. The molecule has 2 aliphatic rings. The predicted molar refractivity (Wildman–Crippen MR) is 167 cm³/mol. The molecule has 0 radical (unpaired) electrons. The minimum absolute atomic E-state index is 0.0839. The van der Waals surface area contributed by atoms with Gasteiger partial charge in [-0.2, -0.15) is 13.2 Å². The van der Waals surface area contributed by atoms with Crippen molar-refractivity contribution in [2.45, 2.75) is 19.5 Å². The van der Waals surface area contributed by atoms with Crippen molar-refractivity contribution in [3.8, 4) is 0 Å². The van der Waals surface area contributed by atoms with Crippen LogP contribution in [0.3, 0.4) is 0 Å². The highest BCUT2D eigenvalue weighted by molar-refractivity contribution is 6.09. The number of alkyl halides is 3. The van der Waals surface area contributed by atoms with E-state index in [4.69, 9.17) is 0 Å². The van der Waals surface area contributed by atoms with Gasteiger partial charge in [0.05, 0.1) is 16.8 Å². The van der Waals surface area contributed by atoms with E-state index < -0.39 is 17.6 Å². The van der Waals surface area contributed by atoms with E-state index in [2.05, 4.69) is 49.6 Å². The second kappa shape index (κ2) is 12.2. The topological polar surface area (TPSA) is 93.7 Å². The molecule has 1 aromatic heterocycles. The van der Waals surface area contributed by atoms with E-state index in [9.17, 15) is 22.8 Å². The number of nitrogens with zero attached hydrogens (tertiary/aromatic N) is 5. The standard InChI is InChI=1S/C33H32F3N7O2/c1-21-3-8-25(38-30(44)22-4-6-23(7-5-22)33(34,35)36)19-29(21)43-14-13-28-27(31(43)45)20-37-32(40-28)39-24-9-11-26(12-10-24)42-17-15-41(2)16-18-42/h3-12,19-20H,13-18H2,1-2H3,(H,38,44)(H,37,39,40). The highest BCUT2D eigenvalue weighted by Gasteiger charge is 2.31. The van der Waals surface area contributed by atoms with Crippen LogP contribution < -0.4 is 20.4 Å². The van der Waals surface area contributed by atoms with Crippen LogP contribution in [0.4, 0.5) is 41.9 Å². The fourth-order valence-electron chi connectivity index (χ4n) is 5.48. The van der Waals surface area contributed by atoms with E-state index >= 15 is 0 Å². The summed E-state index contributed by atoms with van der Waals surface area (Å²) in [6.45, 7) is 6.28. The molecule has 2 N–H and O–H groups in total. The Bertz CT molecular complexity index is 1720. The number of carbonyl (C=O) groups excluding carboxylic acids is 2. The van der Waals surface area contributed by atoms with Crippen molar-refractivity contribution >= 4 is 40.5 Å². The van der Waals surface area contributed by atoms with Gasteiger partial charge in [0.25, 0.3) is 11.8 Å². The van der Waals surface area contributed by atoms with Gasteiger partial charge in [0.1, 0.15) is 0 Å². The van der Waals surface area contributed by atoms with Gasteiger partial charge >= 0.3 is 6.18 Å². The first kappa shape index (κ1) is 30.1. The number of carbonyl (C=O) groups is 2. The van der Waals surface area contributed by atoms with Crippen LogP contribution in [0, 0.1) is 6.92 Å². The van der Waals surface area contributed by atoms with Crippen molar-refractivity contribution < 1.29 is 22.8 Å². The predicted octanol–water partition coefficient (Wildman–Crippen LogP) is 5.75. The van der Waals surface area contributed by atoms with Crippen molar-refractivity contribution in [3.63, 3.8) is 0 Å². The van der Waals surface area contributed by atoms with Crippen LogP contribution in [0.2, 0.25) is 0 Å². The van der Waals surface area contributed by atoms with Gasteiger partial charge in [0.15, 0.2) is 0 Å². The van der Waals surface area contributed by atoms with Gasteiger partial charge in [0.2, 0.25) is 5.95 Å². The Morgan fingerprint density at radius 3 is 2.27 bits per heavy atom. The maximum atomic E-state index is 13.6. The number of aryl methyl sites for hydroxylation is 1. The van der Waals surface area contributed by atoms with Gasteiger partial charge in [0, 0.05) is 73.7 Å². The molecular weight excluding hydrogens is 583 g/mol. The molecule has 45 heavy (non-hydrogen) atoms. The maximum Gasteiger partial charge on any atom is 0.416 e. The third kappa shape index (κ3) is 6.60. The summed E-state index contributed by atoms with van der Waals surface area (Å²) in [6.07, 6.45) is -2.45. The summed E-state index contributed by atoms with van der Waals surface area (Å²) in [7, 11) is 2.13. The summed E-state index contributed by atoms with van der Waals surface area (Å²) in [5.41, 5.74) is 4.16. The van der Waals surface area contributed by atoms with Crippen LogP contribution >= 0.6 is 0 Å². The second-order valence-electron chi connectivity index (χ2n) is 11.3. The van der Waals surface area contributed by atoms with Crippen molar-refractivity contribution in [1.29, 1.82) is 0 Å². The van der Waals surface area contributed by atoms with E-state index in [1.807, 2.05) is 19.1 Å². The van der Waals surface area contributed by atoms with E-state index in [0.717, 1.165) is 61.7 Å². The number of nitrogens with one attached hydrogen (secondary N) is 2. The molecule has 2 aliphatic heterocycles. The summed E-state index contributed by atoms with van der Waals surface area (Å²) in [6, 6.07) is 17.3. The monoisotopic (exact) mass is 615 g/mol. The molecule has 9 nitrogen and oxygen atoms in total. The Morgan fingerprint density at radius 1 is 0.889 bits per heavy atom. The number of fused-ring (bicyclic) bond motifs is 1. The quantitative estimate of drug-likeness (QED) is 0.285. The highest BCUT2D eigenvalue weighted by Crippen LogP contribution is 2.31. The smallest absolute Gasteiger partial charge is 0.369 e. The van der Waals surface area contributed by atoms with Crippen LogP contribution in [0.15, 0.2) is 72.9 Å². The lowest BCUT2D eigenvalue weighted by molar-refractivity contribution is -0.137. The summed E-state index contributed by atoms with van der Waals surface area (Å²) in [5.74, 6) is -0.406. The van der Waals surface area contributed by atoms with Crippen LogP contribution in [0.25, 0.3) is 0 Å². The number of hydrogen-bond acceptors (Lipinski definition) is 7. The summed E-state index contributed by atoms with van der Waals surface area (Å²) in [4.78, 5) is 41.6. The van der Waals surface area contributed by atoms with Gasteiger partial charge in [-0.3, -0.25) is 9.59 Å². The number of halogens is 3. The fraction of sp³-hybridized carbons (Fsp3) is 0.273. The number of likely N-dealkylation sites (N-methyl/N-ethyl adjacent to an activating group) is 1. The molecule has 6 rings (SSSR count). The van der Waals surface area contributed by atoms with Crippen LogP contribution in [0.1, 0.15) is 37.5 Å². The zero-order valence-corrected chi connectivity index (χ0v) is 24.9. The number of benzene rings is 3. The minimum Gasteiger partial charge on any atom is -0.369 e. The first-order valence-electron chi connectivity index (χ1n) is 14.6. The molecule has 3 heterocycles. The zero-order chi connectivity index (χ0) is 31.7. The maximum absolute atomic E-state index is 13.6. The number of amides is 2. The number of aromatic nitrogens is 2. The molecule has 232 valence electrons. The third-order valence-corrected chi connectivity index (χ3v) is 8.14. The molecule has 12 heteroatoms. The Labute approximate surface area is 258 Å². The lowest BCUT2D eigenvalue weighted by atomic mass is 10.0. The van der Waals surface area contributed by atoms with Gasteiger partial charge in [-0.05, 0) is 80.2 Å². The average Bonchev–Trinajstić information content (AvgIpc) is 3.03. The van der Waals surface area contributed by atoms with Crippen molar-refractivity contribution in [2.75, 3.05) is 60.2 Å². The fourth-order valence-corrected chi connectivity index (χ4v) is 5.48. The Hall–Kier alpha value is -4.97. The van der Waals surface area contributed by atoms with E-state index in [0.29, 0.717) is 41.5 Å². The van der Waals surface area contributed by atoms with Gasteiger partial charge in [-0.25, -0.2) is 9.97 Å². The van der Waals surface area contributed by atoms with Crippen LogP contribution in [0.5, 0.6) is 0 Å². The number of hydrogen-bond donors (Lipinski definition) is 2. The van der Waals surface area contributed by atoms with E-state index in [1.165, 1.54) is 11.9 Å². The SMILES string of the molecule is Cc1ccc(NC(=O)c2ccc(C(F)(F)F)cc2)cc1N1CCc2nc(Nc3ccc(N4CCN(C)CC4)cc3)ncc2C1=O. The number of anilines is 5. The van der Waals surface area contributed by atoms with E-state index in [1.54, 1.807) is 23.1 Å². The van der Waals surface area contributed by atoms with Gasteiger partial charge in [-0.15, -0.1) is 0 Å². The molecule has 0 spiro atoms. The third-order valence-electron chi connectivity index (χ3n) is 8.14. The minimum atomic E-state index is -4.49. The van der Waals surface area contributed by atoms with Gasteiger partial charge < -0.3 is 25.3 Å². The molecule has 0 bridgehead atoms. The van der Waals surface area contributed by atoms with Crippen molar-refractivity contribution in [1.82, 2.24) is 14.9 Å². The molecule has 0 aliphatic carbocycles. The molecule has 1 saturated heterocycles. The Kier molecular flexibility index (Phi) is 8.15. The Balaban J connectivity index is 1.13. The molecule has 2 amide bonds. The lowest BCUT2D eigenvalue weighted by Gasteiger charge is -2.34. The summed E-state index contributed by atoms with van der Waals surface area (Å²) in [5, 5.41) is 5.95. The molecule has 4 aromatic rings. The molecule has 0 unspecified atom stereocenters. The number of rotatable bonds is 6. The van der Waals surface area contributed by atoms with Crippen molar-refractivity contribution in [3.05, 3.63) is 101 Å². The summed E-state index contributed by atoms with van der Waals surface area (Å²) >= 11 is 0. The van der Waals surface area contributed by atoms with Crippen LogP contribution in [-0.2, 0) is 12.6 Å². The normalized spacial score (nSPS) is 15.5. The zero-order valence-electron chi connectivity index (χ0n) is 24.9. The largest absolute Gasteiger partial charge is 0.416 e. The summed E-state index contributed by atoms with van der Waals surface area (Å²) < 4.78 is 38.7. The first-order chi connectivity index (χ1) is 21.5.